The number of carbonyl (C=O) groups excluding carboxylic acids is 1. The molecule has 2 aliphatic heterocycles. The molecule has 0 spiro atoms. The Morgan fingerprint density at radius 2 is 1.82 bits per heavy atom. The molecule has 268 valence electrons. The van der Waals surface area contributed by atoms with Gasteiger partial charge in [0.25, 0.3) is 15.9 Å². The molecule has 0 radical (unpaired) electrons. The van der Waals surface area contributed by atoms with Crippen LogP contribution in [0.25, 0.3) is 11.1 Å². The normalized spacial score (nSPS) is 15.0. The SMILES string of the molecule is NC(N)=NCCC[C@H](NC(=O)c1sccc1NS(=O)(=O)c1cc(-c2ccccc2CN2CCN(c3ccncc3)CC2)cc2c1OCC2)C(=O)O. The first-order valence-electron chi connectivity index (χ1n) is 16.5. The van der Waals surface area contributed by atoms with Gasteiger partial charge in [-0.15, -0.1) is 11.3 Å². The predicted molar refractivity (Wildman–Crippen MR) is 197 cm³/mol. The van der Waals surface area contributed by atoms with E-state index in [-0.39, 0.29) is 40.1 Å². The molecule has 4 heterocycles. The Morgan fingerprint density at radius 1 is 1.06 bits per heavy atom. The number of benzene rings is 2. The van der Waals surface area contributed by atoms with E-state index in [2.05, 4.69) is 35.9 Å². The van der Waals surface area contributed by atoms with Gasteiger partial charge in [-0.1, -0.05) is 24.3 Å². The minimum Gasteiger partial charge on any atom is -0.492 e. The average Bonchev–Trinajstić information content (AvgIpc) is 3.79. The fraction of sp³-hybridized carbons (Fsp3) is 0.314. The number of piperazine rings is 1. The molecule has 0 unspecified atom stereocenters. The molecule has 0 bridgehead atoms. The van der Waals surface area contributed by atoms with E-state index in [1.54, 1.807) is 23.8 Å². The third-order valence-corrected chi connectivity index (χ3v) is 11.1. The summed E-state index contributed by atoms with van der Waals surface area (Å²) in [4.78, 5) is 37.8. The molecule has 0 saturated carbocycles. The van der Waals surface area contributed by atoms with Crippen molar-refractivity contribution < 1.29 is 27.9 Å². The maximum Gasteiger partial charge on any atom is 0.326 e. The average molecular weight is 733 g/mol. The molecule has 2 aliphatic rings. The molecule has 2 aromatic heterocycles. The molecule has 1 atom stereocenters. The number of sulfonamides is 1. The van der Waals surface area contributed by atoms with Gasteiger partial charge in [0.05, 0.1) is 12.3 Å². The number of hydrogen-bond donors (Lipinski definition) is 5. The van der Waals surface area contributed by atoms with Gasteiger partial charge in [-0.3, -0.25) is 24.4 Å². The van der Waals surface area contributed by atoms with Crippen LogP contribution in [-0.4, -0.2) is 86.6 Å². The Hall–Kier alpha value is -5.19. The monoisotopic (exact) mass is 732 g/mol. The molecular weight excluding hydrogens is 693 g/mol. The molecule has 1 amide bonds. The number of ether oxygens (including phenoxy) is 1. The van der Waals surface area contributed by atoms with E-state index < -0.39 is 27.9 Å². The Morgan fingerprint density at radius 3 is 2.57 bits per heavy atom. The quantitative estimate of drug-likeness (QED) is 0.0724. The fourth-order valence-corrected chi connectivity index (χ4v) is 8.38. The van der Waals surface area contributed by atoms with Crippen molar-refractivity contribution in [2.75, 3.05) is 49.0 Å². The molecule has 51 heavy (non-hydrogen) atoms. The van der Waals surface area contributed by atoms with Gasteiger partial charge < -0.3 is 31.5 Å². The van der Waals surface area contributed by atoms with Gasteiger partial charge in [-0.05, 0) is 70.8 Å². The topological polar surface area (TPSA) is 206 Å². The van der Waals surface area contributed by atoms with E-state index in [1.165, 1.54) is 6.07 Å². The minimum atomic E-state index is -4.26. The summed E-state index contributed by atoms with van der Waals surface area (Å²) in [5.41, 5.74) is 15.4. The summed E-state index contributed by atoms with van der Waals surface area (Å²) in [5, 5.41) is 13.7. The van der Waals surface area contributed by atoms with Crippen molar-refractivity contribution in [3.63, 3.8) is 0 Å². The van der Waals surface area contributed by atoms with Crippen LogP contribution in [0.5, 0.6) is 5.75 Å². The van der Waals surface area contributed by atoms with Gasteiger partial charge in [0.15, 0.2) is 5.96 Å². The fourth-order valence-electron chi connectivity index (χ4n) is 6.28. The van der Waals surface area contributed by atoms with E-state index in [1.807, 2.05) is 36.4 Å². The number of carbonyl (C=O) groups is 2. The number of thiophene rings is 1. The first-order valence-corrected chi connectivity index (χ1v) is 18.9. The van der Waals surface area contributed by atoms with Crippen LogP contribution in [0.15, 0.2) is 82.3 Å². The molecule has 1 fully saturated rings. The second-order valence-electron chi connectivity index (χ2n) is 12.3. The molecule has 0 aliphatic carbocycles. The third kappa shape index (κ3) is 8.58. The summed E-state index contributed by atoms with van der Waals surface area (Å²) in [7, 11) is -4.26. The number of rotatable bonds is 14. The second-order valence-corrected chi connectivity index (χ2v) is 14.8. The number of hydrogen-bond acceptors (Lipinski definition) is 10. The number of guanidine groups is 1. The van der Waals surface area contributed by atoms with E-state index in [9.17, 15) is 23.1 Å². The van der Waals surface area contributed by atoms with Crippen LogP contribution in [0, 0.1) is 0 Å². The number of aliphatic carboxylic acids is 1. The highest BCUT2D eigenvalue weighted by Gasteiger charge is 2.30. The van der Waals surface area contributed by atoms with Crippen molar-refractivity contribution in [1.29, 1.82) is 0 Å². The molecule has 6 rings (SSSR count). The van der Waals surface area contributed by atoms with Crippen molar-refractivity contribution in [1.82, 2.24) is 15.2 Å². The Labute approximate surface area is 300 Å². The van der Waals surface area contributed by atoms with Gasteiger partial charge in [-0.25, -0.2) is 13.2 Å². The number of nitrogens with zero attached hydrogens (tertiary/aromatic N) is 4. The zero-order valence-electron chi connectivity index (χ0n) is 27.8. The van der Waals surface area contributed by atoms with Crippen molar-refractivity contribution in [3.05, 3.63) is 88.4 Å². The number of amides is 1. The largest absolute Gasteiger partial charge is 0.492 e. The molecular formula is C35H40N8O6S2. The third-order valence-electron chi connectivity index (χ3n) is 8.83. The number of carboxylic acids is 1. The lowest BCUT2D eigenvalue weighted by molar-refractivity contribution is -0.139. The predicted octanol–water partition coefficient (Wildman–Crippen LogP) is 3.10. The lowest BCUT2D eigenvalue weighted by Crippen LogP contribution is -2.46. The number of carboxylic acid groups (broad SMARTS) is 1. The van der Waals surface area contributed by atoms with Gasteiger partial charge in [0.2, 0.25) is 0 Å². The standard InChI is InChI=1S/C35H40N8O6S2/c36-35(37)39-11-3-6-29(34(45)46)40-33(44)32-28(10-19-50-32)41-51(47,48)30-21-25(20-23-9-18-49-31(23)30)27-5-2-1-4-24(27)22-42-14-16-43(17-15-42)26-7-12-38-13-8-26/h1-2,4-5,7-8,10,12-13,19-21,29,41H,3,6,9,11,14-18,22H2,(H,40,44)(H,45,46)(H4,36,37,39)/t29-/m0/s1. The Bertz CT molecular complexity index is 2010. The highest BCUT2D eigenvalue weighted by molar-refractivity contribution is 7.92. The molecule has 16 heteroatoms. The first-order chi connectivity index (χ1) is 24.6. The van der Waals surface area contributed by atoms with Crippen molar-refractivity contribution in [3.8, 4) is 16.9 Å². The molecule has 14 nitrogen and oxygen atoms in total. The van der Waals surface area contributed by atoms with Gasteiger partial charge in [-0.2, -0.15) is 0 Å². The van der Waals surface area contributed by atoms with Crippen molar-refractivity contribution >= 4 is 50.6 Å². The van der Waals surface area contributed by atoms with Crippen LogP contribution in [-0.2, 0) is 27.8 Å². The molecule has 1 saturated heterocycles. The molecule has 4 aromatic rings. The van der Waals surface area contributed by atoms with E-state index in [0.717, 1.165) is 65.5 Å². The summed E-state index contributed by atoms with van der Waals surface area (Å²) in [6.07, 6.45) is 4.55. The van der Waals surface area contributed by atoms with E-state index in [4.69, 9.17) is 16.2 Å². The molecule has 2 aromatic carbocycles. The van der Waals surface area contributed by atoms with Gasteiger partial charge in [0.1, 0.15) is 21.6 Å². The summed E-state index contributed by atoms with van der Waals surface area (Å²) >= 11 is 0.994. The highest BCUT2D eigenvalue weighted by atomic mass is 32.2. The lowest BCUT2D eigenvalue weighted by Gasteiger charge is -2.36. The summed E-state index contributed by atoms with van der Waals surface area (Å²) in [6.45, 7) is 4.76. The van der Waals surface area contributed by atoms with Gasteiger partial charge >= 0.3 is 5.97 Å². The number of anilines is 2. The summed E-state index contributed by atoms with van der Waals surface area (Å²) in [5.74, 6) is -1.78. The zero-order chi connectivity index (χ0) is 36.0. The Kier molecular flexibility index (Phi) is 11.0. The van der Waals surface area contributed by atoms with Crippen LogP contribution in [0.2, 0.25) is 0 Å². The second kappa shape index (κ2) is 15.8. The number of fused-ring (bicyclic) bond motifs is 1. The van der Waals surface area contributed by atoms with Crippen LogP contribution in [0.4, 0.5) is 11.4 Å². The number of nitrogens with one attached hydrogen (secondary N) is 2. The maximum absolute atomic E-state index is 14.1. The molecule has 7 N–H and O–H groups in total. The maximum atomic E-state index is 14.1. The van der Waals surface area contributed by atoms with Gasteiger partial charge in [0, 0.05) is 63.8 Å². The van der Waals surface area contributed by atoms with Crippen LogP contribution >= 0.6 is 11.3 Å². The first kappa shape index (κ1) is 35.6. The zero-order valence-corrected chi connectivity index (χ0v) is 29.5. The Balaban J connectivity index is 1.20. The van der Waals surface area contributed by atoms with Crippen LogP contribution in [0.3, 0.4) is 0 Å². The smallest absolute Gasteiger partial charge is 0.326 e. The van der Waals surface area contributed by atoms with Crippen LogP contribution in [0.1, 0.15) is 33.6 Å². The van der Waals surface area contributed by atoms with Crippen LogP contribution < -0.4 is 31.1 Å². The number of pyridine rings is 1. The lowest BCUT2D eigenvalue weighted by atomic mass is 9.97. The van der Waals surface area contributed by atoms with E-state index in [0.29, 0.717) is 26.0 Å². The highest BCUT2D eigenvalue weighted by Crippen LogP contribution is 2.39. The number of aromatic nitrogens is 1. The summed E-state index contributed by atoms with van der Waals surface area (Å²) < 4.78 is 36.5. The number of nitrogens with two attached hydrogens (primary N) is 2. The number of aliphatic imine (C=N–C) groups is 1. The van der Waals surface area contributed by atoms with Crippen molar-refractivity contribution in [2.45, 2.75) is 36.7 Å². The summed E-state index contributed by atoms with van der Waals surface area (Å²) in [6, 6.07) is 15.9. The van der Waals surface area contributed by atoms with E-state index >= 15 is 0 Å². The van der Waals surface area contributed by atoms with Crippen molar-refractivity contribution in [2.24, 2.45) is 16.5 Å². The minimum absolute atomic E-state index is 0.0251.